The zero-order valence-electron chi connectivity index (χ0n) is 33.1. The minimum absolute atomic E-state index is 0.0148. The van der Waals surface area contributed by atoms with E-state index in [0.29, 0.717) is 18.5 Å². The molecule has 0 radical (unpaired) electrons. The number of benzene rings is 1. The molecule has 2 rings (SSSR count). The van der Waals surface area contributed by atoms with Crippen LogP contribution in [0.2, 0.25) is 0 Å². The van der Waals surface area contributed by atoms with Gasteiger partial charge in [-0.3, -0.25) is 19.2 Å². The Morgan fingerprint density at radius 1 is 0.922 bits per heavy atom. The van der Waals surface area contributed by atoms with Crippen LogP contribution in [0.3, 0.4) is 0 Å². The molecule has 0 bridgehead atoms. The fourth-order valence-electron chi connectivity index (χ4n) is 7.42. The number of ether oxygens (including phenoxy) is 2. The fourth-order valence-corrected chi connectivity index (χ4v) is 7.42. The molecule has 10 atom stereocenters. The van der Waals surface area contributed by atoms with E-state index >= 15 is 0 Å². The average Bonchev–Trinajstić information content (AvgIpc) is 3.59. The topological polar surface area (TPSA) is 150 Å². The van der Waals surface area contributed by atoms with E-state index in [1.54, 1.807) is 52.0 Å². The standard InChI is InChI=1S/C39H67N5O7/c1-13-25(6)34(43(10)39(49)33(24(4)5)42-38(48)32(40-9)23(2)3)30(50-11)22-31(45)44-21-17-20-29(44)36(51-12)26(7)37(47)41-27(8)35(46)28-18-15-14-16-19-28/h14-16,18-19,23-27,29-30,32-36,40,46H,13,17,20-22H2,1-12H3,(H,41,47)(H,42,48)/t25?,26-,27-,29+,30?,32?,33?,34+,35-,36-/m1/s1. The lowest BCUT2D eigenvalue weighted by atomic mass is 9.89. The highest BCUT2D eigenvalue weighted by atomic mass is 16.5. The summed E-state index contributed by atoms with van der Waals surface area (Å²) < 4.78 is 11.9. The number of methoxy groups -OCH3 is 2. The van der Waals surface area contributed by atoms with E-state index in [9.17, 15) is 24.3 Å². The maximum Gasteiger partial charge on any atom is 0.245 e. The van der Waals surface area contributed by atoms with Gasteiger partial charge >= 0.3 is 0 Å². The normalized spacial score (nSPS) is 20.1. The number of aliphatic hydroxyl groups is 1. The Morgan fingerprint density at radius 2 is 1.53 bits per heavy atom. The molecule has 4 N–H and O–H groups in total. The van der Waals surface area contributed by atoms with Gasteiger partial charge in [-0.2, -0.15) is 0 Å². The monoisotopic (exact) mass is 718 g/mol. The van der Waals surface area contributed by atoms with E-state index in [4.69, 9.17) is 9.47 Å². The van der Waals surface area contributed by atoms with E-state index in [2.05, 4.69) is 16.0 Å². The van der Waals surface area contributed by atoms with Crippen LogP contribution in [0.15, 0.2) is 30.3 Å². The lowest BCUT2D eigenvalue weighted by molar-refractivity contribution is -0.148. The molecule has 1 fully saturated rings. The molecule has 290 valence electrons. The number of likely N-dealkylation sites (N-methyl/N-ethyl adjacent to an activating group) is 2. The van der Waals surface area contributed by atoms with Crippen molar-refractivity contribution in [1.29, 1.82) is 0 Å². The molecular weight excluding hydrogens is 650 g/mol. The number of aliphatic hydroxyl groups excluding tert-OH is 1. The second kappa shape index (κ2) is 20.8. The van der Waals surface area contributed by atoms with E-state index in [-0.39, 0.29) is 53.8 Å². The third-order valence-corrected chi connectivity index (χ3v) is 10.7. The maximum absolute atomic E-state index is 14.1. The number of likely N-dealkylation sites (tertiary alicyclic amines) is 1. The number of nitrogens with zero attached hydrogens (tertiary/aromatic N) is 2. The summed E-state index contributed by atoms with van der Waals surface area (Å²) in [6, 6.07) is 6.67. The van der Waals surface area contributed by atoms with Crippen LogP contribution in [0.4, 0.5) is 0 Å². The van der Waals surface area contributed by atoms with Crippen LogP contribution in [0.1, 0.15) is 92.7 Å². The molecule has 12 heteroatoms. The van der Waals surface area contributed by atoms with Crippen molar-refractivity contribution in [2.45, 2.75) is 130 Å². The largest absolute Gasteiger partial charge is 0.386 e. The zero-order chi connectivity index (χ0) is 38.6. The number of rotatable bonds is 20. The van der Waals surface area contributed by atoms with E-state index < -0.39 is 48.4 Å². The van der Waals surface area contributed by atoms with Crippen LogP contribution in [0, 0.1) is 23.7 Å². The molecule has 1 aromatic carbocycles. The molecule has 1 aliphatic heterocycles. The Kier molecular flexibility index (Phi) is 18.0. The molecule has 4 amide bonds. The van der Waals surface area contributed by atoms with E-state index in [0.717, 1.165) is 12.8 Å². The van der Waals surface area contributed by atoms with Crippen LogP contribution < -0.4 is 16.0 Å². The van der Waals surface area contributed by atoms with Crippen molar-refractivity contribution < 1.29 is 33.8 Å². The molecule has 1 saturated heterocycles. The Balaban J connectivity index is 2.24. The van der Waals surface area contributed by atoms with Crippen molar-refractivity contribution in [2.75, 3.05) is 34.9 Å². The predicted molar refractivity (Wildman–Crippen MR) is 200 cm³/mol. The molecule has 12 nitrogen and oxygen atoms in total. The van der Waals surface area contributed by atoms with Crippen molar-refractivity contribution in [3.63, 3.8) is 0 Å². The van der Waals surface area contributed by atoms with Gasteiger partial charge < -0.3 is 40.3 Å². The lowest BCUT2D eigenvalue weighted by Gasteiger charge is -2.41. The van der Waals surface area contributed by atoms with Gasteiger partial charge in [0.05, 0.1) is 54.8 Å². The SMILES string of the molecule is CCC(C)[C@@H](C(CC(=O)N1CCC[C@H]1[C@H](OC)[C@@H](C)C(=O)N[C@H](C)[C@@H](O)c1ccccc1)OC)N(C)C(=O)C(NC(=O)C(NC)C(C)C)C(C)C. The molecule has 0 aromatic heterocycles. The number of amides is 4. The number of nitrogens with one attached hydrogen (secondary N) is 3. The Morgan fingerprint density at radius 3 is 2.04 bits per heavy atom. The van der Waals surface area contributed by atoms with Gasteiger partial charge in [-0.1, -0.05) is 85.2 Å². The van der Waals surface area contributed by atoms with Crippen LogP contribution >= 0.6 is 0 Å². The fraction of sp³-hybridized carbons (Fsp3) is 0.744. The maximum atomic E-state index is 14.1. The summed E-state index contributed by atoms with van der Waals surface area (Å²) in [6.45, 7) is 15.9. The molecule has 0 saturated carbocycles. The van der Waals surface area contributed by atoms with Gasteiger partial charge in [-0.15, -0.1) is 0 Å². The number of carbonyl (C=O) groups excluding carboxylic acids is 4. The lowest BCUT2D eigenvalue weighted by Crippen LogP contribution is -2.59. The second-order valence-electron chi connectivity index (χ2n) is 15.0. The minimum atomic E-state index is -0.875. The summed E-state index contributed by atoms with van der Waals surface area (Å²) in [4.78, 5) is 58.3. The smallest absolute Gasteiger partial charge is 0.245 e. The summed E-state index contributed by atoms with van der Waals surface area (Å²) in [5.41, 5.74) is 0.711. The highest BCUT2D eigenvalue weighted by Gasteiger charge is 2.43. The first kappa shape index (κ1) is 44.1. The summed E-state index contributed by atoms with van der Waals surface area (Å²) in [7, 11) is 6.57. The second-order valence-corrected chi connectivity index (χ2v) is 15.0. The Bertz CT molecular complexity index is 1250. The number of carbonyl (C=O) groups is 4. The summed E-state index contributed by atoms with van der Waals surface area (Å²) >= 11 is 0. The Hall–Kier alpha value is -3.06. The average molecular weight is 718 g/mol. The first-order valence-corrected chi connectivity index (χ1v) is 18.7. The van der Waals surface area contributed by atoms with Gasteiger partial charge in [0, 0.05) is 27.8 Å². The van der Waals surface area contributed by atoms with Gasteiger partial charge in [-0.05, 0) is 50.1 Å². The van der Waals surface area contributed by atoms with Crippen molar-refractivity contribution in [2.24, 2.45) is 23.7 Å². The number of hydrogen-bond donors (Lipinski definition) is 4. The van der Waals surface area contributed by atoms with Crippen molar-refractivity contribution >= 4 is 23.6 Å². The third-order valence-electron chi connectivity index (χ3n) is 10.7. The highest BCUT2D eigenvalue weighted by Crippen LogP contribution is 2.30. The molecule has 1 aromatic rings. The molecular formula is C39H67N5O7. The summed E-state index contributed by atoms with van der Waals surface area (Å²) in [6.07, 6.45) is 0.147. The molecule has 4 unspecified atom stereocenters. The van der Waals surface area contributed by atoms with Crippen LogP contribution in [0.25, 0.3) is 0 Å². The van der Waals surface area contributed by atoms with Crippen molar-refractivity contribution in [1.82, 2.24) is 25.8 Å². The molecule has 51 heavy (non-hydrogen) atoms. The quantitative estimate of drug-likeness (QED) is 0.160. The van der Waals surface area contributed by atoms with Crippen molar-refractivity contribution in [3.05, 3.63) is 35.9 Å². The molecule has 0 aliphatic carbocycles. The summed E-state index contributed by atoms with van der Waals surface area (Å²) in [5, 5.41) is 19.8. The van der Waals surface area contributed by atoms with Gasteiger partial charge in [0.2, 0.25) is 23.6 Å². The van der Waals surface area contributed by atoms with Gasteiger partial charge in [0.1, 0.15) is 6.04 Å². The molecule has 0 spiro atoms. The minimum Gasteiger partial charge on any atom is -0.386 e. The van der Waals surface area contributed by atoms with E-state index in [1.807, 2.05) is 71.9 Å². The third kappa shape index (κ3) is 11.5. The van der Waals surface area contributed by atoms with Crippen LogP contribution in [-0.2, 0) is 28.7 Å². The van der Waals surface area contributed by atoms with Gasteiger partial charge in [0.15, 0.2) is 0 Å². The van der Waals surface area contributed by atoms with Crippen LogP contribution in [0.5, 0.6) is 0 Å². The summed E-state index contributed by atoms with van der Waals surface area (Å²) in [5.74, 6) is -1.62. The van der Waals surface area contributed by atoms with Crippen LogP contribution in [-0.4, -0.2) is 116 Å². The van der Waals surface area contributed by atoms with Crippen molar-refractivity contribution in [3.8, 4) is 0 Å². The highest BCUT2D eigenvalue weighted by molar-refractivity contribution is 5.90. The first-order valence-electron chi connectivity index (χ1n) is 18.7. The number of hydrogen-bond acceptors (Lipinski definition) is 8. The Labute approximate surface area is 306 Å². The van der Waals surface area contributed by atoms with E-state index in [1.165, 1.54) is 0 Å². The molecule has 1 heterocycles. The first-order chi connectivity index (χ1) is 24.0. The predicted octanol–water partition coefficient (Wildman–Crippen LogP) is 3.53. The zero-order valence-corrected chi connectivity index (χ0v) is 33.1. The van der Waals surface area contributed by atoms with Gasteiger partial charge in [0.25, 0.3) is 0 Å². The van der Waals surface area contributed by atoms with Gasteiger partial charge in [-0.25, -0.2) is 0 Å². The molecule has 1 aliphatic rings.